The molecule has 0 aromatic heterocycles. The molecular formula is C27H23F3N2O3. The van der Waals surface area contributed by atoms with Gasteiger partial charge in [0.05, 0.1) is 12.7 Å². The number of carbonyl (C=O) groups is 2. The van der Waals surface area contributed by atoms with Gasteiger partial charge in [0, 0.05) is 34.1 Å². The number of amides is 1. The van der Waals surface area contributed by atoms with Crippen molar-refractivity contribution in [3.05, 3.63) is 100 Å². The van der Waals surface area contributed by atoms with Crippen LogP contribution in [0.5, 0.6) is 5.75 Å². The van der Waals surface area contributed by atoms with E-state index in [9.17, 15) is 22.8 Å². The number of ketones is 1. The maximum Gasteiger partial charge on any atom is 0.258 e. The molecule has 0 unspecified atom stereocenters. The summed E-state index contributed by atoms with van der Waals surface area (Å²) in [7, 11) is 1.57. The third kappa shape index (κ3) is 5.06. The highest BCUT2D eigenvalue weighted by Crippen LogP contribution is 2.32. The van der Waals surface area contributed by atoms with Gasteiger partial charge in [0.15, 0.2) is 23.2 Å². The number of nitrogens with one attached hydrogen (secondary N) is 2. The van der Waals surface area contributed by atoms with Crippen molar-refractivity contribution in [2.45, 2.75) is 25.8 Å². The highest BCUT2D eigenvalue weighted by atomic mass is 19.2. The summed E-state index contributed by atoms with van der Waals surface area (Å²) in [6.07, 6.45) is 2.25. The van der Waals surface area contributed by atoms with E-state index in [-0.39, 0.29) is 22.6 Å². The van der Waals surface area contributed by atoms with Crippen LogP contribution in [0.4, 0.5) is 18.9 Å². The molecule has 0 saturated carbocycles. The molecule has 1 heterocycles. The Morgan fingerprint density at radius 1 is 1.03 bits per heavy atom. The van der Waals surface area contributed by atoms with Crippen molar-refractivity contribution in [2.75, 3.05) is 12.4 Å². The fourth-order valence-electron chi connectivity index (χ4n) is 4.02. The Bertz CT molecular complexity index is 1370. The molecule has 3 aromatic rings. The van der Waals surface area contributed by atoms with Crippen LogP contribution in [0.25, 0.3) is 5.70 Å². The van der Waals surface area contributed by atoms with Crippen molar-refractivity contribution in [2.24, 2.45) is 0 Å². The molecule has 0 bridgehead atoms. The van der Waals surface area contributed by atoms with Gasteiger partial charge < -0.3 is 15.4 Å². The van der Waals surface area contributed by atoms with Crippen molar-refractivity contribution < 1.29 is 27.5 Å². The highest BCUT2D eigenvalue weighted by molar-refractivity contribution is 6.10. The lowest BCUT2D eigenvalue weighted by molar-refractivity contribution is 0.101. The fraction of sp³-hybridized carbons (Fsp3) is 0.185. The molecule has 1 aliphatic heterocycles. The van der Waals surface area contributed by atoms with E-state index >= 15 is 0 Å². The topological polar surface area (TPSA) is 67.4 Å². The van der Waals surface area contributed by atoms with E-state index < -0.39 is 28.9 Å². The lowest BCUT2D eigenvalue weighted by atomic mass is 9.85. The first-order valence-corrected chi connectivity index (χ1v) is 10.8. The van der Waals surface area contributed by atoms with E-state index in [1.54, 1.807) is 19.2 Å². The number of carbonyl (C=O) groups excluding carboxylic acids is 2. The quantitative estimate of drug-likeness (QED) is 0.287. The summed E-state index contributed by atoms with van der Waals surface area (Å²) in [5.41, 5.74) is 2.11. The van der Waals surface area contributed by atoms with Crippen LogP contribution in [-0.2, 0) is 6.42 Å². The molecule has 1 aliphatic rings. The molecule has 0 aliphatic carbocycles. The lowest BCUT2D eigenvalue weighted by Crippen LogP contribution is -2.43. The zero-order valence-corrected chi connectivity index (χ0v) is 19.3. The van der Waals surface area contributed by atoms with Crippen LogP contribution in [0, 0.1) is 17.5 Å². The minimum Gasteiger partial charge on any atom is -0.497 e. The van der Waals surface area contributed by atoms with Crippen LogP contribution in [0.3, 0.4) is 0 Å². The Hall–Kier alpha value is -4.07. The molecule has 8 heteroatoms. The van der Waals surface area contributed by atoms with Crippen LogP contribution in [-0.4, -0.2) is 24.3 Å². The molecule has 2 N–H and O–H groups in total. The first kappa shape index (κ1) is 24.1. The standard InChI is InChI=1S/C27H23F3N2O3/c1-27(2)14-16-7-8-18(35-3)12-20(16)22(32-27)13-23(33)15-5-4-6-17(11-15)31-26(34)19-9-10-21(28)25(30)24(19)29/h4-13,32H,14H2,1-3H3,(H,31,34)/b22-13-. The number of anilines is 1. The van der Waals surface area contributed by atoms with E-state index in [2.05, 4.69) is 10.6 Å². The maximum absolute atomic E-state index is 14.0. The van der Waals surface area contributed by atoms with Gasteiger partial charge in [-0.3, -0.25) is 9.59 Å². The van der Waals surface area contributed by atoms with E-state index in [0.29, 0.717) is 17.5 Å². The minimum atomic E-state index is -1.73. The van der Waals surface area contributed by atoms with E-state index in [0.717, 1.165) is 23.6 Å². The summed E-state index contributed by atoms with van der Waals surface area (Å²) in [5, 5.41) is 5.81. The highest BCUT2D eigenvalue weighted by Gasteiger charge is 2.28. The van der Waals surface area contributed by atoms with Crippen LogP contribution < -0.4 is 15.4 Å². The number of ether oxygens (including phenoxy) is 1. The molecule has 35 heavy (non-hydrogen) atoms. The normalized spacial score (nSPS) is 15.2. The summed E-state index contributed by atoms with van der Waals surface area (Å²) in [4.78, 5) is 25.5. The van der Waals surface area contributed by atoms with Crippen LogP contribution in [0.1, 0.15) is 45.7 Å². The van der Waals surface area contributed by atoms with Crippen molar-refractivity contribution in [1.29, 1.82) is 0 Å². The van der Waals surface area contributed by atoms with Gasteiger partial charge >= 0.3 is 0 Å². The van der Waals surface area contributed by atoms with Crippen molar-refractivity contribution in [3.63, 3.8) is 0 Å². The summed E-state index contributed by atoms with van der Waals surface area (Å²) < 4.78 is 46.0. The Morgan fingerprint density at radius 2 is 1.80 bits per heavy atom. The first-order chi connectivity index (χ1) is 16.6. The smallest absolute Gasteiger partial charge is 0.258 e. The number of halogens is 3. The van der Waals surface area contributed by atoms with E-state index in [1.165, 1.54) is 18.2 Å². The first-order valence-electron chi connectivity index (χ1n) is 10.8. The minimum absolute atomic E-state index is 0.197. The molecule has 0 atom stereocenters. The molecule has 180 valence electrons. The number of hydrogen-bond donors (Lipinski definition) is 2. The molecule has 0 radical (unpaired) electrons. The van der Waals surface area contributed by atoms with E-state index in [4.69, 9.17) is 4.74 Å². The summed E-state index contributed by atoms with van der Waals surface area (Å²) in [6.45, 7) is 4.07. The molecular weight excluding hydrogens is 457 g/mol. The SMILES string of the molecule is COc1ccc2c(c1)/C(=C/C(=O)c1cccc(NC(=O)c3ccc(F)c(F)c3F)c1)NC(C)(C)C2. The van der Waals surface area contributed by atoms with Gasteiger partial charge in [-0.2, -0.15) is 0 Å². The molecule has 0 spiro atoms. The van der Waals surface area contributed by atoms with Gasteiger partial charge in [0.2, 0.25) is 0 Å². The van der Waals surface area contributed by atoms with Gasteiger partial charge in [0.25, 0.3) is 5.91 Å². The third-order valence-corrected chi connectivity index (χ3v) is 5.67. The van der Waals surface area contributed by atoms with Gasteiger partial charge in [-0.1, -0.05) is 18.2 Å². The largest absolute Gasteiger partial charge is 0.497 e. The summed E-state index contributed by atoms with van der Waals surface area (Å²) in [6, 6.07) is 13.3. The van der Waals surface area contributed by atoms with Crippen LogP contribution in [0.2, 0.25) is 0 Å². The van der Waals surface area contributed by atoms with Crippen LogP contribution >= 0.6 is 0 Å². The third-order valence-electron chi connectivity index (χ3n) is 5.67. The van der Waals surface area contributed by atoms with Gasteiger partial charge in [-0.05, 0) is 62.2 Å². The zero-order chi connectivity index (χ0) is 25.3. The molecule has 5 nitrogen and oxygen atoms in total. The number of methoxy groups -OCH3 is 1. The van der Waals surface area contributed by atoms with Gasteiger partial charge in [-0.25, -0.2) is 13.2 Å². The lowest BCUT2D eigenvalue weighted by Gasteiger charge is -2.35. The monoisotopic (exact) mass is 480 g/mol. The second kappa shape index (κ2) is 9.29. The number of benzene rings is 3. The Balaban J connectivity index is 1.61. The zero-order valence-electron chi connectivity index (χ0n) is 19.3. The second-order valence-electron chi connectivity index (χ2n) is 8.89. The average Bonchev–Trinajstić information content (AvgIpc) is 2.81. The van der Waals surface area contributed by atoms with Gasteiger partial charge in [-0.15, -0.1) is 0 Å². The maximum atomic E-state index is 14.0. The van der Waals surface area contributed by atoms with Gasteiger partial charge in [0.1, 0.15) is 5.75 Å². The summed E-state index contributed by atoms with van der Waals surface area (Å²) >= 11 is 0. The van der Waals surface area contributed by atoms with Crippen molar-refractivity contribution in [3.8, 4) is 5.75 Å². The number of hydrogen-bond acceptors (Lipinski definition) is 4. The molecule has 1 amide bonds. The van der Waals surface area contributed by atoms with Crippen LogP contribution in [0.15, 0.2) is 60.7 Å². The second-order valence-corrected chi connectivity index (χ2v) is 8.89. The molecule has 0 saturated heterocycles. The predicted molar refractivity (Wildman–Crippen MR) is 127 cm³/mol. The number of rotatable bonds is 5. The Labute approximate surface area is 200 Å². The Morgan fingerprint density at radius 3 is 2.54 bits per heavy atom. The molecule has 3 aromatic carbocycles. The molecule has 0 fully saturated rings. The van der Waals surface area contributed by atoms with Crippen molar-refractivity contribution in [1.82, 2.24) is 5.32 Å². The number of allylic oxidation sites excluding steroid dienone is 1. The molecule has 4 rings (SSSR count). The van der Waals surface area contributed by atoms with Crippen molar-refractivity contribution >= 4 is 23.1 Å². The van der Waals surface area contributed by atoms with E-state index in [1.807, 2.05) is 32.0 Å². The summed E-state index contributed by atoms with van der Waals surface area (Å²) in [5.74, 6) is -5.33. The predicted octanol–water partition coefficient (Wildman–Crippen LogP) is 5.51. The number of fused-ring (bicyclic) bond motifs is 1. The Kier molecular flexibility index (Phi) is 6.39. The average molecular weight is 480 g/mol. The fourth-order valence-corrected chi connectivity index (χ4v) is 4.02.